The number of fused-ring (bicyclic) bond motifs is 1. The molecule has 0 saturated heterocycles. The van der Waals surface area contributed by atoms with Crippen molar-refractivity contribution < 1.29 is 0 Å². The fraction of sp³-hybridized carbons (Fsp3) is 0.438. The van der Waals surface area contributed by atoms with E-state index in [2.05, 4.69) is 40.7 Å². The van der Waals surface area contributed by atoms with E-state index in [9.17, 15) is 0 Å². The third kappa shape index (κ3) is 2.56. The van der Waals surface area contributed by atoms with Crippen LogP contribution >= 0.6 is 0 Å². The SMILES string of the molecule is Cc1ccc(C(N)Cn2cnc3c2CCCC3)cc1. The van der Waals surface area contributed by atoms with Crippen molar-refractivity contribution in [1.82, 2.24) is 9.55 Å². The van der Waals surface area contributed by atoms with Crippen LogP contribution in [0.4, 0.5) is 0 Å². The van der Waals surface area contributed by atoms with Gasteiger partial charge in [-0.1, -0.05) is 29.8 Å². The van der Waals surface area contributed by atoms with Gasteiger partial charge in [-0.2, -0.15) is 0 Å². The largest absolute Gasteiger partial charge is 0.332 e. The third-order valence-corrected chi connectivity index (χ3v) is 4.01. The minimum Gasteiger partial charge on any atom is -0.332 e. The first-order chi connectivity index (χ1) is 9.24. The summed E-state index contributed by atoms with van der Waals surface area (Å²) in [6.07, 6.45) is 6.79. The first-order valence-electron chi connectivity index (χ1n) is 7.09. The van der Waals surface area contributed by atoms with Crippen LogP contribution in [0.3, 0.4) is 0 Å². The highest BCUT2D eigenvalue weighted by atomic mass is 15.1. The number of nitrogens with two attached hydrogens (primary N) is 1. The number of benzene rings is 1. The van der Waals surface area contributed by atoms with E-state index in [-0.39, 0.29) is 6.04 Å². The van der Waals surface area contributed by atoms with E-state index < -0.39 is 0 Å². The number of aryl methyl sites for hydroxylation is 2. The second-order valence-corrected chi connectivity index (χ2v) is 5.51. The molecule has 1 heterocycles. The Morgan fingerprint density at radius 3 is 2.74 bits per heavy atom. The van der Waals surface area contributed by atoms with Gasteiger partial charge in [-0.05, 0) is 38.2 Å². The Labute approximate surface area is 114 Å². The fourth-order valence-corrected chi connectivity index (χ4v) is 2.82. The van der Waals surface area contributed by atoms with Crippen molar-refractivity contribution in [3.63, 3.8) is 0 Å². The Kier molecular flexibility index (Phi) is 3.38. The Balaban J connectivity index is 1.77. The molecule has 0 spiro atoms. The zero-order valence-electron chi connectivity index (χ0n) is 11.5. The van der Waals surface area contributed by atoms with E-state index in [1.165, 1.54) is 35.4 Å². The van der Waals surface area contributed by atoms with Crippen molar-refractivity contribution in [3.8, 4) is 0 Å². The molecule has 1 unspecified atom stereocenters. The third-order valence-electron chi connectivity index (χ3n) is 4.01. The van der Waals surface area contributed by atoms with Crippen molar-refractivity contribution in [2.45, 2.75) is 45.2 Å². The van der Waals surface area contributed by atoms with Crippen LogP contribution in [0.2, 0.25) is 0 Å². The zero-order valence-corrected chi connectivity index (χ0v) is 11.5. The molecule has 1 atom stereocenters. The average Bonchev–Trinajstić information content (AvgIpc) is 2.83. The van der Waals surface area contributed by atoms with E-state index in [0.29, 0.717) is 0 Å². The first-order valence-corrected chi connectivity index (χ1v) is 7.09. The molecule has 0 bridgehead atoms. The summed E-state index contributed by atoms with van der Waals surface area (Å²) in [4.78, 5) is 4.52. The quantitative estimate of drug-likeness (QED) is 0.916. The molecule has 19 heavy (non-hydrogen) atoms. The van der Waals surface area contributed by atoms with E-state index in [1.807, 2.05) is 6.33 Å². The van der Waals surface area contributed by atoms with Gasteiger partial charge in [0.15, 0.2) is 0 Å². The summed E-state index contributed by atoms with van der Waals surface area (Å²) in [6, 6.07) is 8.55. The number of rotatable bonds is 3. The van der Waals surface area contributed by atoms with Crippen LogP contribution in [0.5, 0.6) is 0 Å². The molecule has 3 rings (SSSR count). The number of nitrogens with zero attached hydrogens (tertiary/aromatic N) is 2. The Hall–Kier alpha value is -1.61. The summed E-state index contributed by atoms with van der Waals surface area (Å²) in [5.41, 5.74) is 11.5. The van der Waals surface area contributed by atoms with E-state index >= 15 is 0 Å². The normalized spacial score (nSPS) is 16.1. The molecule has 0 aliphatic heterocycles. The maximum atomic E-state index is 6.32. The van der Waals surface area contributed by atoms with Gasteiger partial charge in [0.25, 0.3) is 0 Å². The highest BCUT2D eigenvalue weighted by Gasteiger charge is 2.16. The Bertz CT molecular complexity index is 554. The molecule has 1 aromatic heterocycles. The lowest BCUT2D eigenvalue weighted by Gasteiger charge is -2.18. The van der Waals surface area contributed by atoms with Crippen molar-refractivity contribution in [1.29, 1.82) is 0 Å². The number of hydrogen-bond donors (Lipinski definition) is 1. The zero-order chi connectivity index (χ0) is 13.2. The van der Waals surface area contributed by atoms with Crippen molar-refractivity contribution in [2.75, 3.05) is 0 Å². The monoisotopic (exact) mass is 255 g/mol. The van der Waals surface area contributed by atoms with Gasteiger partial charge in [0.2, 0.25) is 0 Å². The molecule has 0 radical (unpaired) electrons. The summed E-state index contributed by atoms with van der Waals surface area (Å²) < 4.78 is 2.25. The molecular weight excluding hydrogens is 234 g/mol. The van der Waals surface area contributed by atoms with Gasteiger partial charge < -0.3 is 10.3 Å². The lowest BCUT2D eigenvalue weighted by Crippen LogP contribution is -2.19. The second kappa shape index (κ2) is 5.17. The molecule has 0 amide bonds. The molecule has 1 aromatic carbocycles. The summed E-state index contributed by atoms with van der Waals surface area (Å²) in [7, 11) is 0. The average molecular weight is 255 g/mol. The fourth-order valence-electron chi connectivity index (χ4n) is 2.82. The predicted molar refractivity (Wildman–Crippen MR) is 77.0 cm³/mol. The Morgan fingerprint density at radius 1 is 1.21 bits per heavy atom. The lowest BCUT2D eigenvalue weighted by atomic mass is 10.0. The second-order valence-electron chi connectivity index (χ2n) is 5.51. The van der Waals surface area contributed by atoms with Crippen LogP contribution in [-0.2, 0) is 19.4 Å². The number of imidazole rings is 1. The van der Waals surface area contributed by atoms with Gasteiger partial charge in [0, 0.05) is 18.3 Å². The Morgan fingerprint density at radius 2 is 1.95 bits per heavy atom. The molecule has 3 heteroatoms. The van der Waals surface area contributed by atoms with Crippen LogP contribution in [0, 0.1) is 6.92 Å². The van der Waals surface area contributed by atoms with Gasteiger partial charge in [-0.3, -0.25) is 0 Å². The molecule has 100 valence electrons. The smallest absolute Gasteiger partial charge is 0.0952 e. The molecule has 3 nitrogen and oxygen atoms in total. The standard InChI is InChI=1S/C16H21N3/c1-12-6-8-13(9-7-12)14(17)10-19-11-18-15-4-2-3-5-16(15)19/h6-9,11,14H,2-5,10,17H2,1H3. The lowest BCUT2D eigenvalue weighted by molar-refractivity contribution is 0.541. The predicted octanol–water partition coefficient (Wildman–Crippen LogP) is 2.77. The maximum absolute atomic E-state index is 6.32. The molecule has 1 aliphatic carbocycles. The maximum Gasteiger partial charge on any atom is 0.0952 e. The summed E-state index contributed by atoms with van der Waals surface area (Å²) in [5.74, 6) is 0. The summed E-state index contributed by atoms with van der Waals surface area (Å²) >= 11 is 0. The molecule has 0 fully saturated rings. The summed E-state index contributed by atoms with van der Waals surface area (Å²) in [6.45, 7) is 2.92. The van der Waals surface area contributed by atoms with Crippen molar-refractivity contribution >= 4 is 0 Å². The van der Waals surface area contributed by atoms with Gasteiger partial charge in [-0.15, -0.1) is 0 Å². The molecule has 0 saturated carbocycles. The van der Waals surface area contributed by atoms with Crippen LogP contribution in [0.1, 0.15) is 41.4 Å². The van der Waals surface area contributed by atoms with Crippen LogP contribution in [-0.4, -0.2) is 9.55 Å². The molecule has 2 N–H and O–H groups in total. The van der Waals surface area contributed by atoms with Crippen LogP contribution in [0.15, 0.2) is 30.6 Å². The van der Waals surface area contributed by atoms with Crippen LogP contribution in [0.25, 0.3) is 0 Å². The summed E-state index contributed by atoms with van der Waals surface area (Å²) in [5, 5.41) is 0. The highest BCUT2D eigenvalue weighted by Crippen LogP contribution is 2.22. The van der Waals surface area contributed by atoms with Gasteiger partial charge >= 0.3 is 0 Å². The molecular formula is C16H21N3. The molecule has 1 aliphatic rings. The number of hydrogen-bond acceptors (Lipinski definition) is 2. The molecule has 2 aromatic rings. The minimum atomic E-state index is 0.0424. The van der Waals surface area contributed by atoms with Crippen LogP contribution < -0.4 is 5.73 Å². The van der Waals surface area contributed by atoms with Crippen molar-refractivity contribution in [2.24, 2.45) is 5.73 Å². The van der Waals surface area contributed by atoms with Gasteiger partial charge in [0.1, 0.15) is 0 Å². The topological polar surface area (TPSA) is 43.8 Å². The van der Waals surface area contributed by atoms with Gasteiger partial charge in [0.05, 0.1) is 12.0 Å². The highest BCUT2D eigenvalue weighted by molar-refractivity contribution is 5.24. The van der Waals surface area contributed by atoms with Crippen molar-refractivity contribution in [3.05, 3.63) is 53.1 Å². The van der Waals surface area contributed by atoms with E-state index in [0.717, 1.165) is 19.4 Å². The van der Waals surface area contributed by atoms with E-state index in [1.54, 1.807) is 0 Å². The van der Waals surface area contributed by atoms with E-state index in [4.69, 9.17) is 5.73 Å². The minimum absolute atomic E-state index is 0.0424. The number of aromatic nitrogens is 2. The van der Waals surface area contributed by atoms with Gasteiger partial charge in [-0.25, -0.2) is 4.98 Å². The first kappa shape index (κ1) is 12.4.